The Morgan fingerprint density at radius 1 is 1.21 bits per heavy atom. The standard InChI is InChI=1S/C20H25IN4O3/c1-14(26)24-20(11-4-2-3-5-12-20)19-23-18(28-25-19)10-9-17(27)22-16-8-6-7-15(21)13-16/h6-8,13H,2-5,9-12H2,1H3,(H,22,27)(H,24,26). The molecule has 1 aromatic heterocycles. The first-order valence-electron chi connectivity index (χ1n) is 9.64. The Bertz CT molecular complexity index is 828. The summed E-state index contributed by atoms with van der Waals surface area (Å²) in [5.41, 5.74) is 0.207. The van der Waals surface area contributed by atoms with Gasteiger partial charge in [-0.15, -0.1) is 0 Å². The summed E-state index contributed by atoms with van der Waals surface area (Å²) in [6.45, 7) is 1.52. The Kier molecular flexibility index (Phi) is 7.03. The van der Waals surface area contributed by atoms with Gasteiger partial charge in [0, 0.05) is 29.0 Å². The second-order valence-electron chi connectivity index (χ2n) is 7.25. The van der Waals surface area contributed by atoms with Crippen LogP contribution < -0.4 is 10.6 Å². The zero-order valence-electron chi connectivity index (χ0n) is 16.0. The van der Waals surface area contributed by atoms with E-state index in [1.165, 1.54) is 6.92 Å². The normalized spacial score (nSPS) is 16.2. The first-order valence-corrected chi connectivity index (χ1v) is 10.7. The highest BCUT2D eigenvalue weighted by Crippen LogP contribution is 2.34. The minimum atomic E-state index is -0.562. The van der Waals surface area contributed by atoms with Crippen molar-refractivity contribution in [1.82, 2.24) is 15.5 Å². The van der Waals surface area contributed by atoms with E-state index in [1.54, 1.807) is 0 Å². The van der Waals surface area contributed by atoms with Gasteiger partial charge in [-0.2, -0.15) is 4.98 Å². The lowest BCUT2D eigenvalue weighted by atomic mass is 9.89. The van der Waals surface area contributed by atoms with Crippen LogP contribution in [0.5, 0.6) is 0 Å². The SMILES string of the molecule is CC(=O)NC1(c2noc(CCC(=O)Nc3cccc(I)c3)n2)CCCCCC1. The number of aryl methyl sites for hydroxylation is 1. The molecule has 8 heteroatoms. The maximum absolute atomic E-state index is 12.2. The van der Waals surface area contributed by atoms with Crippen LogP contribution in [0.3, 0.4) is 0 Å². The molecule has 2 amide bonds. The molecule has 28 heavy (non-hydrogen) atoms. The first kappa shape index (κ1) is 20.8. The average molecular weight is 496 g/mol. The minimum Gasteiger partial charge on any atom is -0.343 e. The average Bonchev–Trinajstić information content (AvgIpc) is 3.00. The van der Waals surface area contributed by atoms with Gasteiger partial charge in [0.1, 0.15) is 5.54 Å². The number of rotatable bonds is 6. The highest BCUT2D eigenvalue weighted by molar-refractivity contribution is 14.1. The smallest absolute Gasteiger partial charge is 0.227 e. The van der Waals surface area contributed by atoms with Crippen molar-refractivity contribution in [3.8, 4) is 0 Å². The van der Waals surface area contributed by atoms with Gasteiger partial charge in [0.25, 0.3) is 0 Å². The number of carbonyl (C=O) groups is 2. The Balaban J connectivity index is 1.63. The molecule has 150 valence electrons. The molecule has 1 aliphatic rings. The summed E-state index contributed by atoms with van der Waals surface area (Å²) >= 11 is 2.20. The Morgan fingerprint density at radius 2 is 1.96 bits per heavy atom. The van der Waals surface area contributed by atoms with Crippen LogP contribution in [0.2, 0.25) is 0 Å². The summed E-state index contributed by atoms with van der Waals surface area (Å²) in [5, 5.41) is 10.1. The maximum atomic E-state index is 12.2. The molecule has 0 spiro atoms. The van der Waals surface area contributed by atoms with Crippen molar-refractivity contribution in [1.29, 1.82) is 0 Å². The number of aromatic nitrogens is 2. The van der Waals surface area contributed by atoms with Crippen LogP contribution in [-0.2, 0) is 21.5 Å². The molecule has 0 bridgehead atoms. The summed E-state index contributed by atoms with van der Waals surface area (Å²) in [4.78, 5) is 28.5. The van der Waals surface area contributed by atoms with E-state index in [4.69, 9.17) is 4.52 Å². The monoisotopic (exact) mass is 496 g/mol. The van der Waals surface area contributed by atoms with Gasteiger partial charge in [0.05, 0.1) is 0 Å². The Morgan fingerprint density at radius 3 is 2.64 bits per heavy atom. The topological polar surface area (TPSA) is 97.1 Å². The van der Waals surface area contributed by atoms with Gasteiger partial charge < -0.3 is 15.2 Å². The van der Waals surface area contributed by atoms with E-state index >= 15 is 0 Å². The number of amides is 2. The lowest BCUT2D eigenvalue weighted by molar-refractivity contribution is -0.121. The third-order valence-corrected chi connectivity index (χ3v) is 5.61. The number of hydrogen-bond donors (Lipinski definition) is 2. The van der Waals surface area contributed by atoms with Gasteiger partial charge in [-0.05, 0) is 53.6 Å². The van der Waals surface area contributed by atoms with Crippen molar-refractivity contribution in [2.75, 3.05) is 5.32 Å². The number of halogens is 1. The third-order valence-electron chi connectivity index (χ3n) is 4.94. The lowest BCUT2D eigenvalue weighted by Gasteiger charge is -2.30. The summed E-state index contributed by atoms with van der Waals surface area (Å²) < 4.78 is 6.45. The van der Waals surface area contributed by atoms with Gasteiger partial charge in [0.2, 0.25) is 17.7 Å². The molecule has 2 aromatic rings. The summed E-state index contributed by atoms with van der Waals surface area (Å²) in [5.74, 6) is 0.747. The molecule has 0 aliphatic heterocycles. The van der Waals surface area contributed by atoms with Gasteiger partial charge in [-0.1, -0.05) is 36.9 Å². The molecular formula is C20H25IN4O3. The fourth-order valence-electron chi connectivity index (χ4n) is 3.63. The van der Waals surface area contributed by atoms with Gasteiger partial charge in [-0.25, -0.2) is 0 Å². The molecule has 1 saturated carbocycles. The van der Waals surface area contributed by atoms with Crippen molar-refractivity contribution in [2.45, 2.75) is 63.8 Å². The first-order chi connectivity index (χ1) is 13.5. The van der Waals surface area contributed by atoms with Crippen molar-refractivity contribution in [2.24, 2.45) is 0 Å². The molecule has 2 N–H and O–H groups in total. The largest absolute Gasteiger partial charge is 0.343 e. The predicted molar refractivity (Wildman–Crippen MR) is 114 cm³/mol. The van der Waals surface area contributed by atoms with E-state index in [2.05, 4.69) is 43.4 Å². The van der Waals surface area contributed by atoms with Gasteiger partial charge in [-0.3, -0.25) is 9.59 Å². The van der Waals surface area contributed by atoms with Crippen LogP contribution in [0.25, 0.3) is 0 Å². The van der Waals surface area contributed by atoms with E-state index in [9.17, 15) is 9.59 Å². The Labute approximate surface area is 178 Å². The van der Waals surface area contributed by atoms with Crippen LogP contribution >= 0.6 is 22.6 Å². The van der Waals surface area contributed by atoms with Crippen molar-refractivity contribution >= 4 is 40.1 Å². The second-order valence-corrected chi connectivity index (χ2v) is 8.49. The van der Waals surface area contributed by atoms with E-state index in [0.717, 1.165) is 47.8 Å². The quantitative estimate of drug-likeness (QED) is 0.467. The second kappa shape index (κ2) is 9.49. The van der Waals surface area contributed by atoms with Crippen molar-refractivity contribution in [3.05, 3.63) is 39.6 Å². The molecular weight excluding hydrogens is 471 g/mol. The van der Waals surface area contributed by atoms with Crippen LogP contribution in [0.4, 0.5) is 5.69 Å². The zero-order chi connectivity index (χ0) is 20.0. The van der Waals surface area contributed by atoms with Crippen LogP contribution in [-0.4, -0.2) is 22.0 Å². The number of anilines is 1. The summed E-state index contributed by atoms with van der Waals surface area (Å²) in [7, 11) is 0. The fraction of sp³-hybridized carbons (Fsp3) is 0.500. The van der Waals surface area contributed by atoms with Gasteiger partial charge >= 0.3 is 0 Å². The third kappa shape index (κ3) is 5.52. The summed E-state index contributed by atoms with van der Waals surface area (Å²) in [6, 6.07) is 7.63. The molecule has 1 heterocycles. The van der Waals surface area contributed by atoms with E-state index in [1.807, 2.05) is 24.3 Å². The zero-order valence-corrected chi connectivity index (χ0v) is 18.1. The number of benzene rings is 1. The molecule has 0 saturated heterocycles. The number of nitrogens with zero attached hydrogens (tertiary/aromatic N) is 2. The van der Waals surface area contributed by atoms with Crippen molar-refractivity contribution in [3.63, 3.8) is 0 Å². The number of nitrogens with one attached hydrogen (secondary N) is 2. The fourth-order valence-corrected chi connectivity index (χ4v) is 4.18. The molecule has 3 rings (SSSR count). The van der Waals surface area contributed by atoms with E-state index < -0.39 is 5.54 Å². The van der Waals surface area contributed by atoms with E-state index in [0.29, 0.717) is 18.1 Å². The lowest BCUT2D eigenvalue weighted by Crippen LogP contribution is -2.45. The van der Waals surface area contributed by atoms with Gasteiger partial charge in [0.15, 0.2) is 5.82 Å². The molecule has 1 fully saturated rings. The number of carbonyl (C=O) groups excluding carboxylic acids is 2. The molecule has 0 atom stereocenters. The van der Waals surface area contributed by atoms with Crippen LogP contribution in [0.1, 0.15) is 63.6 Å². The van der Waals surface area contributed by atoms with Crippen molar-refractivity contribution < 1.29 is 14.1 Å². The minimum absolute atomic E-state index is 0.0925. The molecule has 1 aromatic carbocycles. The Hall–Kier alpha value is -1.97. The molecule has 1 aliphatic carbocycles. The van der Waals surface area contributed by atoms with Crippen LogP contribution in [0, 0.1) is 3.57 Å². The van der Waals surface area contributed by atoms with E-state index in [-0.39, 0.29) is 18.2 Å². The number of hydrogen-bond acceptors (Lipinski definition) is 5. The molecule has 0 unspecified atom stereocenters. The molecule has 0 radical (unpaired) electrons. The summed E-state index contributed by atoms with van der Waals surface area (Å²) in [6.07, 6.45) is 6.54. The predicted octanol–water partition coefficient (Wildman–Crippen LogP) is 3.93. The molecule has 7 nitrogen and oxygen atoms in total. The highest BCUT2D eigenvalue weighted by Gasteiger charge is 2.38. The van der Waals surface area contributed by atoms with Crippen LogP contribution in [0.15, 0.2) is 28.8 Å². The maximum Gasteiger partial charge on any atom is 0.227 e. The highest BCUT2D eigenvalue weighted by atomic mass is 127.